The van der Waals surface area contributed by atoms with Gasteiger partial charge in [0.1, 0.15) is 67.1 Å². The van der Waals surface area contributed by atoms with Gasteiger partial charge >= 0.3 is 5.97 Å². The lowest BCUT2D eigenvalue weighted by Gasteiger charge is -2.50. The second-order valence-corrected chi connectivity index (χ2v) is 22.9. The molecule has 14 N–H and O–H groups in total. The highest BCUT2D eigenvalue weighted by Crippen LogP contribution is 2.38. The first kappa shape index (κ1) is 74.5. The molecule has 3 saturated heterocycles. The van der Waals surface area contributed by atoms with Crippen LogP contribution in [0.3, 0.4) is 0 Å². The minimum absolute atomic E-state index is 0.219. The van der Waals surface area contributed by atoms with Gasteiger partial charge in [0, 0.05) is 19.8 Å². The van der Waals surface area contributed by atoms with Gasteiger partial charge in [0.2, 0.25) is 11.8 Å². The van der Waals surface area contributed by atoms with Crippen molar-refractivity contribution in [2.24, 2.45) is 0 Å². The number of rotatable bonds is 45. The van der Waals surface area contributed by atoms with E-state index >= 15 is 0 Å². The molecule has 3 fully saturated rings. The maximum absolute atomic E-state index is 13.4. The van der Waals surface area contributed by atoms with Crippen LogP contribution in [0.25, 0.3) is 0 Å². The molecular weight excluding hydrogens is 1080 g/mol. The summed E-state index contributed by atoms with van der Waals surface area (Å²) in [6.07, 6.45) is 7.82. The Morgan fingerprint density at radius 1 is 0.627 bits per heavy atom. The maximum Gasteiger partial charge on any atom is 0.364 e. The van der Waals surface area contributed by atoms with Crippen molar-refractivity contribution >= 4 is 17.8 Å². The van der Waals surface area contributed by atoms with E-state index in [0.29, 0.717) is 19.3 Å². The zero-order chi connectivity index (χ0) is 61.2. The number of amides is 2. The number of carbonyl (C=O) groups excluding carboxylic acids is 2. The molecular formula is C60H108N2O21. The SMILES string of the molecule is CCCCC/C=C\C=C/CCCCCCCCCCCCC(=O)NC(COC1OC(CO)C(OC2OC(CO)C(O)C(OC3(C(=O)O)CC(O)C(NC(C)=O)C(C(O)C(O)CO)O3)C2O)C(O)C1O)C(O)CCCCCCCCCCCC. The highest BCUT2D eigenvalue weighted by atomic mass is 16.8. The summed E-state index contributed by atoms with van der Waals surface area (Å²) in [6, 6.07) is -2.53. The minimum atomic E-state index is -3.08. The first-order valence-electron chi connectivity index (χ1n) is 31.2. The second-order valence-electron chi connectivity index (χ2n) is 22.9. The summed E-state index contributed by atoms with van der Waals surface area (Å²) in [5, 5.41) is 136. The van der Waals surface area contributed by atoms with Crippen LogP contribution in [0.15, 0.2) is 24.3 Å². The van der Waals surface area contributed by atoms with Crippen LogP contribution >= 0.6 is 0 Å². The number of aliphatic hydroxyl groups excluding tert-OH is 11. The van der Waals surface area contributed by atoms with Gasteiger partial charge in [0.05, 0.1) is 50.7 Å². The van der Waals surface area contributed by atoms with Crippen molar-refractivity contribution < 1.29 is 104 Å². The lowest BCUT2D eigenvalue weighted by Crippen LogP contribution is -2.70. The van der Waals surface area contributed by atoms with E-state index in [1.807, 2.05) is 0 Å². The number of ether oxygens (including phenoxy) is 6. The van der Waals surface area contributed by atoms with Gasteiger partial charge < -0.3 is 100 Å². The lowest BCUT2D eigenvalue weighted by molar-refractivity contribution is -0.386. The van der Waals surface area contributed by atoms with Gasteiger partial charge in [-0.05, 0) is 38.5 Å². The molecule has 0 aromatic carbocycles. The number of aliphatic carboxylic acids is 1. The number of nitrogens with one attached hydrogen (secondary N) is 2. The Labute approximate surface area is 492 Å². The molecule has 0 aromatic heterocycles. The van der Waals surface area contributed by atoms with Gasteiger partial charge in [-0.15, -0.1) is 0 Å². The van der Waals surface area contributed by atoms with Crippen molar-refractivity contribution in [2.45, 2.75) is 310 Å². The van der Waals surface area contributed by atoms with Crippen molar-refractivity contribution in [1.82, 2.24) is 10.6 Å². The third-order valence-corrected chi connectivity index (χ3v) is 15.9. The molecule has 0 bridgehead atoms. The Morgan fingerprint density at radius 2 is 1.14 bits per heavy atom. The third-order valence-electron chi connectivity index (χ3n) is 15.9. The zero-order valence-corrected chi connectivity index (χ0v) is 49.8. The summed E-state index contributed by atoms with van der Waals surface area (Å²) in [5.74, 6) is -6.11. The normalized spacial score (nSPS) is 30.1. The van der Waals surface area contributed by atoms with Crippen LogP contribution in [-0.2, 0) is 42.8 Å². The Bertz CT molecular complexity index is 1800. The number of carboxylic acids is 1. The lowest BCUT2D eigenvalue weighted by atomic mass is 9.88. The van der Waals surface area contributed by atoms with E-state index in [2.05, 4.69) is 48.8 Å². The van der Waals surface area contributed by atoms with E-state index in [-0.39, 0.29) is 18.9 Å². The van der Waals surface area contributed by atoms with Gasteiger partial charge in [-0.3, -0.25) is 9.59 Å². The number of aliphatic hydroxyl groups is 11. The average Bonchev–Trinajstić information content (AvgIpc) is 2.65. The van der Waals surface area contributed by atoms with Crippen LogP contribution in [0.4, 0.5) is 0 Å². The van der Waals surface area contributed by atoms with Gasteiger partial charge in [-0.1, -0.05) is 167 Å². The summed E-state index contributed by atoms with van der Waals surface area (Å²) in [7, 11) is 0. The van der Waals surface area contributed by atoms with Crippen LogP contribution in [-0.4, -0.2) is 215 Å². The summed E-state index contributed by atoms with van der Waals surface area (Å²) in [4.78, 5) is 38.4. The van der Waals surface area contributed by atoms with Crippen molar-refractivity contribution in [3.63, 3.8) is 0 Å². The van der Waals surface area contributed by atoms with E-state index < -0.39 is 148 Å². The van der Waals surface area contributed by atoms with E-state index in [9.17, 15) is 75.7 Å². The predicted molar refractivity (Wildman–Crippen MR) is 306 cm³/mol. The fourth-order valence-corrected chi connectivity index (χ4v) is 10.9. The quantitative estimate of drug-likeness (QED) is 0.0307. The monoisotopic (exact) mass is 1190 g/mol. The van der Waals surface area contributed by atoms with Crippen LogP contribution in [0.5, 0.6) is 0 Å². The van der Waals surface area contributed by atoms with Crippen LogP contribution in [0, 0.1) is 0 Å². The van der Waals surface area contributed by atoms with Crippen molar-refractivity contribution in [2.75, 3.05) is 26.4 Å². The van der Waals surface area contributed by atoms with Gasteiger partial charge in [0.15, 0.2) is 12.6 Å². The highest BCUT2D eigenvalue weighted by Gasteiger charge is 2.60. The number of carboxylic acid groups (broad SMARTS) is 1. The van der Waals surface area contributed by atoms with Gasteiger partial charge in [-0.2, -0.15) is 0 Å². The van der Waals surface area contributed by atoms with Crippen molar-refractivity contribution in [3.05, 3.63) is 24.3 Å². The smallest absolute Gasteiger partial charge is 0.364 e. The fraction of sp³-hybridized carbons (Fsp3) is 0.883. The number of hydrogen-bond acceptors (Lipinski definition) is 20. The summed E-state index contributed by atoms with van der Waals surface area (Å²) in [5.41, 5.74) is 0. The third kappa shape index (κ3) is 26.2. The minimum Gasteiger partial charge on any atom is -0.477 e. The standard InChI is InChI=1S/C60H108N2O21/c1-4-6-8-10-12-14-16-17-18-19-20-21-22-23-24-26-28-30-32-34-47(70)62-41(42(67)33-31-29-27-25-15-13-11-9-7-5-2)39-78-57-52(74)51(73)54(46(38-65)80-57)81-58-53(75)56(50(72)45(37-64)79-58)83-60(59(76)77)35-43(68)48(61-40(3)66)55(82-60)49(71)44(69)36-63/h12,14,16-17,41-46,48-58,63-65,67-69,71-75H,4-11,13,15,18-39H2,1-3H3,(H,61,66)(H,62,70)(H,76,77)/b14-12-,17-16-. The van der Waals surface area contributed by atoms with Crippen LogP contribution < -0.4 is 10.6 Å². The predicted octanol–water partition coefficient (Wildman–Crippen LogP) is 3.33. The summed E-state index contributed by atoms with van der Waals surface area (Å²) >= 11 is 0. The van der Waals surface area contributed by atoms with E-state index in [4.69, 9.17) is 28.4 Å². The summed E-state index contributed by atoms with van der Waals surface area (Å²) < 4.78 is 34.7. The molecule has 23 heteroatoms. The Kier molecular flexibility index (Phi) is 37.8. The second kappa shape index (κ2) is 42.2. The molecule has 0 spiro atoms. The molecule has 3 heterocycles. The molecule has 3 aliphatic heterocycles. The molecule has 3 rings (SSSR count). The molecule has 0 aromatic rings. The number of hydrogen-bond donors (Lipinski definition) is 14. The number of allylic oxidation sites excluding steroid dienone is 4. The molecule has 83 heavy (non-hydrogen) atoms. The molecule has 23 nitrogen and oxygen atoms in total. The molecule has 18 atom stereocenters. The first-order chi connectivity index (χ1) is 39.9. The fourth-order valence-electron chi connectivity index (χ4n) is 10.9. The highest BCUT2D eigenvalue weighted by molar-refractivity contribution is 5.77. The molecule has 18 unspecified atom stereocenters. The van der Waals surface area contributed by atoms with Gasteiger partial charge in [0.25, 0.3) is 5.79 Å². The number of carbonyl (C=O) groups is 3. The van der Waals surface area contributed by atoms with E-state index in [1.54, 1.807) is 0 Å². The Balaban J connectivity index is 1.62. The molecule has 0 aliphatic carbocycles. The average molecular weight is 1190 g/mol. The zero-order valence-electron chi connectivity index (χ0n) is 49.8. The molecule has 3 aliphatic rings. The van der Waals surface area contributed by atoms with Crippen molar-refractivity contribution in [1.29, 1.82) is 0 Å². The van der Waals surface area contributed by atoms with E-state index in [0.717, 1.165) is 71.1 Å². The first-order valence-corrected chi connectivity index (χ1v) is 31.2. The van der Waals surface area contributed by atoms with Crippen molar-refractivity contribution in [3.8, 4) is 0 Å². The Hall–Kier alpha value is -2.79. The maximum atomic E-state index is 13.4. The molecule has 484 valence electrons. The molecule has 0 radical (unpaired) electrons. The summed E-state index contributed by atoms with van der Waals surface area (Å²) in [6.45, 7) is 2.11. The van der Waals surface area contributed by atoms with Crippen LogP contribution in [0.1, 0.15) is 201 Å². The Morgan fingerprint density at radius 3 is 1.69 bits per heavy atom. The topological polar surface area (TPSA) is 373 Å². The molecule has 0 saturated carbocycles. The number of unbranched alkanes of at least 4 members (excludes halogenated alkanes) is 22. The van der Waals surface area contributed by atoms with Gasteiger partial charge in [-0.25, -0.2) is 4.79 Å². The largest absolute Gasteiger partial charge is 0.477 e. The molecule has 2 amide bonds. The van der Waals surface area contributed by atoms with Crippen LogP contribution in [0.2, 0.25) is 0 Å². The van der Waals surface area contributed by atoms with E-state index in [1.165, 1.54) is 83.5 Å².